The van der Waals surface area contributed by atoms with Crippen molar-refractivity contribution in [3.05, 3.63) is 115 Å². The molecule has 164 valence electrons. The van der Waals surface area contributed by atoms with Gasteiger partial charge in [-0.1, -0.05) is 72.8 Å². The molecule has 0 atom stereocenters. The summed E-state index contributed by atoms with van der Waals surface area (Å²) in [5.74, 6) is -0.259. The molecule has 0 amide bonds. The van der Waals surface area contributed by atoms with E-state index < -0.39 is 0 Å². The van der Waals surface area contributed by atoms with Gasteiger partial charge in [0.15, 0.2) is 11.8 Å². The Kier molecular flexibility index (Phi) is 4.77. The predicted molar refractivity (Wildman–Crippen MR) is 136 cm³/mol. The van der Waals surface area contributed by atoms with Crippen molar-refractivity contribution in [1.29, 1.82) is 0 Å². The fraction of sp³-hybridized carbons (Fsp3) is 0.0645. The van der Waals surface area contributed by atoms with Gasteiger partial charge in [0.05, 0.1) is 10.9 Å². The molecule has 0 saturated carbocycles. The molecule has 2 heterocycles. The number of halogens is 1. The lowest BCUT2D eigenvalue weighted by atomic mass is 9.97. The topological polar surface area (TPSA) is 17.0 Å². The average Bonchev–Trinajstić information content (AvgIpc) is 3.26. The van der Waals surface area contributed by atoms with Crippen molar-refractivity contribution in [2.45, 2.75) is 6.92 Å². The van der Waals surface area contributed by atoms with Crippen LogP contribution in [-0.4, -0.2) is 0 Å². The molecule has 2 nitrogen and oxygen atoms in total. The summed E-state index contributed by atoms with van der Waals surface area (Å²) < 4.78 is 23.9. The third-order valence-corrected chi connectivity index (χ3v) is 6.53. The third-order valence-electron chi connectivity index (χ3n) is 6.53. The van der Waals surface area contributed by atoms with E-state index in [1.165, 1.54) is 5.56 Å². The van der Waals surface area contributed by atoms with E-state index in [1.54, 1.807) is 6.07 Å². The summed E-state index contributed by atoms with van der Waals surface area (Å²) in [5.41, 5.74) is 8.35. The Morgan fingerprint density at radius 1 is 0.706 bits per heavy atom. The maximum atomic E-state index is 15.3. The molecule has 0 saturated heterocycles. The van der Waals surface area contributed by atoms with Crippen molar-refractivity contribution in [2.75, 3.05) is 0 Å². The number of para-hydroxylation sites is 1. The highest BCUT2D eigenvalue weighted by Gasteiger charge is 2.24. The van der Waals surface area contributed by atoms with E-state index in [1.807, 2.05) is 79.3 Å². The molecule has 0 bridgehead atoms. The van der Waals surface area contributed by atoms with Crippen LogP contribution in [0.5, 0.6) is 0 Å². The van der Waals surface area contributed by atoms with Crippen LogP contribution in [0.15, 0.2) is 108 Å². The van der Waals surface area contributed by atoms with Crippen molar-refractivity contribution in [3.8, 4) is 33.5 Å². The van der Waals surface area contributed by atoms with Gasteiger partial charge in [-0.3, -0.25) is 0 Å². The van der Waals surface area contributed by atoms with Gasteiger partial charge in [0.2, 0.25) is 5.69 Å². The Morgan fingerprint density at radius 3 is 2.18 bits per heavy atom. The lowest BCUT2D eigenvalue weighted by Gasteiger charge is -2.06. The number of hydrogen-bond donors (Lipinski definition) is 0. The van der Waals surface area contributed by atoms with E-state index in [-0.39, 0.29) is 5.82 Å². The number of fused-ring (bicyclic) bond motifs is 3. The number of nitrogens with zero attached hydrogens (tertiary/aromatic N) is 1. The number of aromatic nitrogens is 1. The molecule has 0 radical (unpaired) electrons. The van der Waals surface area contributed by atoms with Crippen LogP contribution in [0.25, 0.3) is 55.4 Å². The summed E-state index contributed by atoms with van der Waals surface area (Å²) >= 11 is 0. The quantitative estimate of drug-likeness (QED) is 0.254. The van der Waals surface area contributed by atoms with E-state index in [0.717, 1.165) is 38.9 Å². The van der Waals surface area contributed by atoms with Crippen molar-refractivity contribution in [2.24, 2.45) is 7.05 Å². The van der Waals surface area contributed by atoms with Gasteiger partial charge in [0.25, 0.3) is 0 Å². The van der Waals surface area contributed by atoms with E-state index in [0.29, 0.717) is 16.6 Å². The van der Waals surface area contributed by atoms with Gasteiger partial charge < -0.3 is 4.42 Å². The molecule has 6 aromatic rings. The molecule has 0 unspecified atom stereocenters. The van der Waals surface area contributed by atoms with Crippen LogP contribution in [0.2, 0.25) is 0 Å². The Morgan fingerprint density at radius 2 is 1.41 bits per heavy atom. The molecular formula is C31H23FNO+. The fourth-order valence-corrected chi connectivity index (χ4v) is 4.85. The normalized spacial score (nSPS) is 11.4. The number of aryl methyl sites for hydroxylation is 2. The summed E-state index contributed by atoms with van der Waals surface area (Å²) in [6.07, 6.45) is 1.99. The molecule has 2 aromatic heterocycles. The molecule has 0 N–H and O–H groups in total. The van der Waals surface area contributed by atoms with Crippen molar-refractivity contribution < 1.29 is 13.4 Å². The maximum Gasteiger partial charge on any atom is 0.216 e. The van der Waals surface area contributed by atoms with Crippen LogP contribution < -0.4 is 4.57 Å². The molecule has 0 fully saturated rings. The number of rotatable bonds is 3. The Bertz CT molecular complexity index is 1660. The molecule has 0 aliphatic heterocycles. The van der Waals surface area contributed by atoms with Crippen molar-refractivity contribution in [3.63, 3.8) is 0 Å². The van der Waals surface area contributed by atoms with Crippen LogP contribution in [0.4, 0.5) is 4.39 Å². The van der Waals surface area contributed by atoms with Crippen LogP contribution in [0.1, 0.15) is 5.56 Å². The largest absolute Gasteiger partial charge is 0.454 e. The molecule has 0 aliphatic carbocycles. The average molecular weight is 445 g/mol. The Labute approximate surface area is 197 Å². The Balaban J connectivity index is 1.58. The van der Waals surface area contributed by atoms with E-state index in [4.69, 9.17) is 4.42 Å². The first-order chi connectivity index (χ1) is 16.6. The van der Waals surface area contributed by atoms with E-state index in [9.17, 15) is 0 Å². The summed E-state index contributed by atoms with van der Waals surface area (Å²) in [6, 6.07) is 32.3. The molecule has 3 heteroatoms. The van der Waals surface area contributed by atoms with Crippen molar-refractivity contribution in [1.82, 2.24) is 0 Å². The smallest absolute Gasteiger partial charge is 0.216 e. The molecular weight excluding hydrogens is 421 g/mol. The lowest BCUT2D eigenvalue weighted by molar-refractivity contribution is -0.660. The van der Waals surface area contributed by atoms with E-state index in [2.05, 4.69) is 36.4 Å². The van der Waals surface area contributed by atoms with E-state index >= 15 is 4.39 Å². The third kappa shape index (κ3) is 3.20. The molecule has 6 rings (SSSR count). The highest BCUT2D eigenvalue weighted by molar-refractivity contribution is 6.13. The SMILES string of the molecule is Cc1cc(F)c2c(oc3c(-c4ccc(-c5ccccc5)cc4)cccc32)c1-c1cccc[n+]1C. The van der Waals surface area contributed by atoms with Gasteiger partial charge in [-0.15, -0.1) is 0 Å². The molecule has 4 aromatic carbocycles. The van der Waals surface area contributed by atoms with Gasteiger partial charge in [0.1, 0.15) is 18.4 Å². The minimum absolute atomic E-state index is 0.259. The second kappa shape index (κ2) is 7.96. The summed E-state index contributed by atoms with van der Waals surface area (Å²) in [7, 11) is 1.99. The zero-order valence-corrected chi connectivity index (χ0v) is 19.0. The number of pyridine rings is 1. The number of hydrogen-bond acceptors (Lipinski definition) is 1. The number of furan rings is 1. The van der Waals surface area contributed by atoms with Gasteiger partial charge in [0, 0.05) is 23.1 Å². The highest BCUT2D eigenvalue weighted by Crippen LogP contribution is 2.42. The Hall–Kier alpha value is -4.24. The second-order valence-corrected chi connectivity index (χ2v) is 8.68. The van der Waals surface area contributed by atoms with Gasteiger partial charge in [-0.25, -0.2) is 8.96 Å². The van der Waals surface area contributed by atoms with Gasteiger partial charge in [-0.05, 0) is 41.3 Å². The molecule has 0 spiro atoms. The standard InChI is InChI=1S/C31H23FNO/c1-20-19-26(32)29-25-12-8-11-24(23-16-14-22(15-17-23)21-9-4-3-5-10-21)30(25)34-31(29)28(20)27-13-6-7-18-33(27)2/h3-19H,1-2H3/q+1. The van der Waals surface area contributed by atoms with Crippen LogP contribution in [0, 0.1) is 12.7 Å². The molecule has 0 aliphatic rings. The van der Waals surface area contributed by atoms with Crippen LogP contribution >= 0.6 is 0 Å². The van der Waals surface area contributed by atoms with Crippen LogP contribution in [0.3, 0.4) is 0 Å². The maximum absolute atomic E-state index is 15.3. The summed E-state index contributed by atoms with van der Waals surface area (Å²) in [6.45, 7) is 1.93. The monoisotopic (exact) mass is 444 g/mol. The summed E-state index contributed by atoms with van der Waals surface area (Å²) in [4.78, 5) is 0. The second-order valence-electron chi connectivity index (χ2n) is 8.68. The highest BCUT2D eigenvalue weighted by atomic mass is 19.1. The first-order valence-corrected chi connectivity index (χ1v) is 11.4. The van der Waals surface area contributed by atoms with Crippen LogP contribution in [-0.2, 0) is 7.05 Å². The van der Waals surface area contributed by atoms with Crippen molar-refractivity contribution >= 4 is 21.9 Å². The van der Waals surface area contributed by atoms with Gasteiger partial charge in [-0.2, -0.15) is 0 Å². The van der Waals surface area contributed by atoms with Gasteiger partial charge >= 0.3 is 0 Å². The lowest BCUT2D eigenvalue weighted by Crippen LogP contribution is -2.30. The minimum Gasteiger partial charge on any atom is -0.454 e. The predicted octanol–water partition coefficient (Wildman–Crippen LogP) is 7.86. The number of benzene rings is 4. The summed E-state index contributed by atoms with van der Waals surface area (Å²) in [5, 5.41) is 1.32. The molecule has 34 heavy (non-hydrogen) atoms. The first kappa shape index (κ1) is 20.4. The minimum atomic E-state index is -0.259. The zero-order chi connectivity index (χ0) is 23.2. The first-order valence-electron chi connectivity index (χ1n) is 11.4. The zero-order valence-electron chi connectivity index (χ0n) is 19.0. The fourth-order valence-electron chi connectivity index (χ4n) is 4.85.